The van der Waals surface area contributed by atoms with Gasteiger partial charge < -0.3 is 16.0 Å². The number of pyridine rings is 1. The fraction of sp³-hybridized carbons (Fsp3) is 0.174. The molecule has 0 atom stereocenters. The highest BCUT2D eigenvalue weighted by Crippen LogP contribution is 2.30. The van der Waals surface area contributed by atoms with Crippen molar-refractivity contribution in [2.75, 3.05) is 10.6 Å². The Balaban J connectivity index is 1.88. The average molecular weight is 486 g/mol. The van der Waals surface area contributed by atoms with Crippen LogP contribution >= 0.6 is 27.5 Å². The molecule has 30 heavy (non-hydrogen) atoms. The summed E-state index contributed by atoms with van der Waals surface area (Å²) in [5.74, 6) is 0.465. The van der Waals surface area contributed by atoms with Crippen LogP contribution in [0, 0.1) is 5.41 Å². The van der Waals surface area contributed by atoms with E-state index in [4.69, 9.17) is 17.0 Å². The van der Waals surface area contributed by atoms with E-state index in [9.17, 15) is 4.79 Å². The first-order valence-electron chi connectivity index (χ1n) is 9.44. The van der Waals surface area contributed by atoms with Gasteiger partial charge in [0.1, 0.15) is 5.82 Å². The van der Waals surface area contributed by atoms with E-state index in [0.717, 1.165) is 10.2 Å². The standard InChI is InChI=1S/C23H22BrClN4O/c1-13(2)15-4-8-18(9-5-15)29-23(30)19-12-27-22(20(14(3)26)21(19)25)28-17-10-6-16(24)7-11-17/h4-13,26H,1-3H3,(H,27,28)(H,29,30). The molecule has 0 aliphatic heterocycles. The van der Waals surface area contributed by atoms with E-state index in [0.29, 0.717) is 23.0 Å². The molecule has 7 heteroatoms. The third kappa shape index (κ3) is 5.07. The predicted molar refractivity (Wildman–Crippen MR) is 128 cm³/mol. The molecule has 5 nitrogen and oxygen atoms in total. The molecule has 0 saturated heterocycles. The molecule has 0 aliphatic carbocycles. The van der Waals surface area contributed by atoms with Gasteiger partial charge in [0, 0.05) is 27.8 Å². The maximum absolute atomic E-state index is 12.8. The number of nitrogens with zero attached hydrogens (tertiary/aromatic N) is 1. The summed E-state index contributed by atoms with van der Waals surface area (Å²) in [6, 6.07) is 15.2. The lowest BCUT2D eigenvalue weighted by atomic mass is 10.0. The van der Waals surface area contributed by atoms with Gasteiger partial charge in [0.15, 0.2) is 0 Å². The fourth-order valence-corrected chi connectivity index (χ4v) is 3.53. The Labute approximate surface area is 189 Å². The van der Waals surface area contributed by atoms with Crippen molar-refractivity contribution in [1.82, 2.24) is 4.98 Å². The Morgan fingerprint density at radius 2 is 1.67 bits per heavy atom. The summed E-state index contributed by atoms with van der Waals surface area (Å²) in [6.45, 7) is 5.84. The van der Waals surface area contributed by atoms with E-state index in [1.54, 1.807) is 6.92 Å². The first-order valence-corrected chi connectivity index (χ1v) is 10.6. The van der Waals surface area contributed by atoms with Crippen molar-refractivity contribution in [1.29, 1.82) is 5.41 Å². The molecule has 1 aromatic heterocycles. The minimum absolute atomic E-state index is 0.188. The zero-order valence-electron chi connectivity index (χ0n) is 16.9. The van der Waals surface area contributed by atoms with E-state index in [-0.39, 0.29) is 22.2 Å². The van der Waals surface area contributed by atoms with E-state index in [2.05, 4.69) is 45.4 Å². The molecule has 3 N–H and O–H groups in total. The monoisotopic (exact) mass is 484 g/mol. The van der Waals surface area contributed by atoms with Gasteiger partial charge in [0.05, 0.1) is 16.1 Å². The van der Waals surface area contributed by atoms with E-state index < -0.39 is 0 Å². The molecule has 0 radical (unpaired) electrons. The minimum Gasteiger partial charge on any atom is -0.340 e. The summed E-state index contributed by atoms with van der Waals surface area (Å²) in [5.41, 5.74) is 3.48. The molecule has 3 aromatic rings. The van der Waals surface area contributed by atoms with Crippen LogP contribution in [0.5, 0.6) is 0 Å². The van der Waals surface area contributed by atoms with Crippen LogP contribution in [0.1, 0.15) is 48.2 Å². The minimum atomic E-state index is -0.373. The smallest absolute Gasteiger partial charge is 0.258 e. The summed E-state index contributed by atoms with van der Waals surface area (Å²) < 4.78 is 0.955. The van der Waals surface area contributed by atoms with Gasteiger partial charge in [-0.3, -0.25) is 4.79 Å². The number of nitrogens with one attached hydrogen (secondary N) is 3. The Morgan fingerprint density at radius 1 is 1.07 bits per heavy atom. The molecule has 154 valence electrons. The van der Waals surface area contributed by atoms with Crippen LogP contribution in [-0.2, 0) is 0 Å². The molecule has 0 bridgehead atoms. The van der Waals surface area contributed by atoms with E-state index in [1.165, 1.54) is 11.8 Å². The number of carbonyl (C=O) groups excluding carboxylic acids is 1. The van der Waals surface area contributed by atoms with Crippen LogP contribution < -0.4 is 10.6 Å². The Hall–Kier alpha value is -2.70. The second kappa shape index (κ2) is 9.41. The van der Waals surface area contributed by atoms with Crippen LogP contribution in [0.25, 0.3) is 0 Å². The molecular formula is C23H22BrClN4O. The van der Waals surface area contributed by atoms with E-state index >= 15 is 0 Å². The summed E-state index contributed by atoms with van der Waals surface area (Å²) >= 11 is 9.94. The molecule has 0 spiro atoms. The summed E-state index contributed by atoms with van der Waals surface area (Å²) in [5, 5.41) is 14.3. The lowest BCUT2D eigenvalue weighted by Gasteiger charge is -2.15. The number of aromatic nitrogens is 1. The normalized spacial score (nSPS) is 10.7. The lowest BCUT2D eigenvalue weighted by molar-refractivity contribution is 0.102. The first kappa shape index (κ1) is 22.0. The van der Waals surface area contributed by atoms with Crippen molar-refractivity contribution in [3.8, 4) is 0 Å². The maximum Gasteiger partial charge on any atom is 0.258 e. The SMILES string of the molecule is CC(=N)c1c(Nc2ccc(Br)cc2)ncc(C(=O)Nc2ccc(C(C)C)cc2)c1Cl. The van der Waals surface area contributed by atoms with Gasteiger partial charge in [-0.15, -0.1) is 0 Å². The lowest BCUT2D eigenvalue weighted by Crippen LogP contribution is -2.15. The van der Waals surface area contributed by atoms with Crippen molar-refractivity contribution in [3.63, 3.8) is 0 Å². The Kier molecular flexibility index (Phi) is 6.90. The summed E-state index contributed by atoms with van der Waals surface area (Å²) in [6.07, 6.45) is 1.42. The number of anilines is 3. The van der Waals surface area contributed by atoms with Gasteiger partial charge >= 0.3 is 0 Å². The zero-order valence-corrected chi connectivity index (χ0v) is 19.2. The van der Waals surface area contributed by atoms with Crippen LogP contribution in [0.4, 0.5) is 17.2 Å². The molecule has 0 fully saturated rings. The molecule has 1 heterocycles. The summed E-state index contributed by atoms with van der Waals surface area (Å²) in [7, 11) is 0. The second-order valence-corrected chi connectivity index (χ2v) is 8.49. The van der Waals surface area contributed by atoms with Gasteiger partial charge in [-0.25, -0.2) is 4.98 Å². The van der Waals surface area contributed by atoms with Crippen molar-refractivity contribution in [2.45, 2.75) is 26.7 Å². The quantitative estimate of drug-likeness (QED) is 0.329. The molecule has 0 aliphatic rings. The van der Waals surface area contributed by atoms with Gasteiger partial charge in [-0.1, -0.05) is 53.5 Å². The summed E-state index contributed by atoms with van der Waals surface area (Å²) in [4.78, 5) is 17.2. The van der Waals surface area contributed by atoms with Gasteiger partial charge in [0.25, 0.3) is 5.91 Å². The highest BCUT2D eigenvalue weighted by Gasteiger charge is 2.20. The number of halogens is 2. The third-order valence-corrected chi connectivity index (χ3v) is 5.50. The predicted octanol–water partition coefficient (Wildman–Crippen LogP) is 7.00. The molecule has 0 saturated carbocycles. The molecule has 1 amide bonds. The Bertz CT molecular complexity index is 1080. The zero-order chi connectivity index (χ0) is 21.8. The number of hydrogen-bond acceptors (Lipinski definition) is 4. The fourth-order valence-electron chi connectivity index (χ4n) is 2.90. The Morgan fingerprint density at radius 3 is 2.23 bits per heavy atom. The van der Waals surface area contributed by atoms with Gasteiger partial charge in [-0.05, 0) is 54.8 Å². The number of amides is 1. The number of rotatable bonds is 6. The molecule has 0 unspecified atom stereocenters. The highest BCUT2D eigenvalue weighted by molar-refractivity contribution is 9.10. The van der Waals surface area contributed by atoms with E-state index in [1.807, 2.05) is 48.5 Å². The van der Waals surface area contributed by atoms with Gasteiger partial charge in [0.2, 0.25) is 0 Å². The van der Waals surface area contributed by atoms with Crippen LogP contribution in [0.15, 0.2) is 59.2 Å². The van der Waals surface area contributed by atoms with Crippen LogP contribution in [-0.4, -0.2) is 16.6 Å². The average Bonchev–Trinajstić information content (AvgIpc) is 2.70. The molecule has 2 aromatic carbocycles. The van der Waals surface area contributed by atoms with Crippen LogP contribution in [0.3, 0.4) is 0 Å². The largest absolute Gasteiger partial charge is 0.340 e. The van der Waals surface area contributed by atoms with Crippen molar-refractivity contribution >= 4 is 56.3 Å². The topological polar surface area (TPSA) is 77.9 Å². The van der Waals surface area contributed by atoms with Crippen molar-refractivity contribution < 1.29 is 4.79 Å². The van der Waals surface area contributed by atoms with Crippen molar-refractivity contribution in [3.05, 3.63) is 80.9 Å². The second-order valence-electron chi connectivity index (χ2n) is 7.20. The molecular weight excluding hydrogens is 464 g/mol. The number of hydrogen-bond donors (Lipinski definition) is 3. The first-order chi connectivity index (χ1) is 14.3. The third-order valence-electron chi connectivity index (χ3n) is 4.58. The van der Waals surface area contributed by atoms with Crippen molar-refractivity contribution in [2.24, 2.45) is 0 Å². The van der Waals surface area contributed by atoms with Gasteiger partial charge in [-0.2, -0.15) is 0 Å². The number of carbonyl (C=O) groups is 1. The highest BCUT2D eigenvalue weighted by atomic mass is 79.9. The maximum atomic E-state index is 12.8. The van der Waals surface area contributed by atoms with Crippen LogP contribution in [0.2, 0.25) is 5.02 Å². The molecule has 3 rings (SSSR count). The number of benzene rings is 2.